The second-order valence-corrected chi connectivity index (χ2v) is 4.41. The van der Waals surface area contributed by atoms with Crippen molar-refractivity contribution in [3.05, 3.63) is 0 Å². The zero-order valence-electron chi connectivity index (χ0n) is 7.59. The highest BCUT2D eigenvalue weighted by Crippen LogP contribution is 2.49. The molecule has 0 aromatic rings. The van der Waals surface area contributed by atoms with E-state index in [1.165, 1.54) is 0 Å². The van der Waals surface area contributed by atoms with Gasteiger partial charge in [0.25, 0.3) is 0 Å². The molecule has 1 aliphatic rings. The van der Waals surface area contributed by atoms with Gasteiger partial charge in [-0.2, -0.15) is 0 Å². The van der Waals surface area contributed by atoms with Gasteiger partial charge in [-0.05, 0) is 31.1 Å². The van der Waals surface area contributed by atoms with Gasteiger partial charge in [0.2, 0.25) is 0 Å². The Hall–Kier alpha value is -0.0800. The monoisotopic (exact) mass is 158 g/mol. The molecule has 11 heavy (non-hydrogen) atoms. The van der Waals surface area contributed by atoms with Gasteiger partial charge in [-0.25, -0.2) is 0 Å². The van der Waals surface area contributed by atoms with E-state index in [4.69, 9.17) is 5.11 Å². The molecule has 0 bridgehead atoms. The Bertz CT molecular complexity index is 150. The van der Waals surface area contributed by atoms with Gasteiger partial charge in [-0.3, -0.25) is 0 Å². The molecule has 0 unspecified atom stereocenters. The molecule has 1 aliphatic carbocycles. The second-order valence-electron chi connectivity index (χ2n) is 4.41. The number of hydrogen-bond donors (Lipinski definition) is 2. The third kappa shape index (κ3) is 1.18. The second kappa shape index (κ2) is 2.46. The number of hydrogen-bond acceptors (Lipinski definition) is 2. The molecule has 1 rings (SSSR count). The van der Waals surface area contributed by atoms with E-state index in [9.17, 15) is 5.11 Å². The maximum absolute atomic E-state index is 9.91. The van der Waals surface area contributed by atoms with Crippen LogP contribution < -0.4 is 0 Å². The summed E-state index contributed by atoms with van der Waals surface area (Å²) >= 11 is 0. The van der Waals surface area contributed by atoms with Crippen molar-refractivity contribution < 1.29 is 10.2 Å². The first kappa shape index (κ1) is 9.01. The summed E-state index contributed by atoms with van der Waals surface area (Å²) in [7, 11) is 0. The lowest BCUT2D eigenvalue weighted by atomic mass is 9.74. The maximum Gasteiger partial charge on any atom is 0.0674 e. The third-order valence-electron chi connectivity index (χ3n) is 3.61. The lowest BCUT2D eigenvalue weighted by Crippen LogP contribution is -2.40. The molecule has 2 heteroatoms. The Kier molecular flexibility index (Phi) is 2.01. The summed E-state index contributed by atoms with van der Waals surface area (Å²) in [6.07, 6.45) is 1.75. The number of aliphatic hydroxyl groups excluding tert-OH is 1. The van der Waals surface area contributed by atoms with Gasteiger partial charge < -0.3 is 10.2 Å². The first-order chi connectivity index (χ1) is 4.92. The molecule has 0 radical (unpaired) electrons. The van der Waals surface area contributed by atoms with Crippen LogP contribution >= 0.6 is 0 Å². The van der Waals surface area contributed by atoms with E-state index in [0.717, 1.165) is 12.8 Å². The Morgan fingerprint density at radius 3 is 2.09 bits per heavy atom. The van der Waals surface area contributed by atoms with Crippen molar-refractivity contribution >= 4 is 0 Å². The minimum atomic E-state index is -0.597. The first-order valence-corrected chi connectivity index (χ1v) is 4.25. The molecule has 0 aliphatic heterocycles. The minimum Gasteiger partial charge on any atom is -0.396 e. The Morgan fingerprint density at radius 2 is 1.91 bits per heavy atom. The normalized spacial score (nSPS) is 42.8. The highest BCUT2D eigenvalue weighted by molar-refractivity contribution is 5.00. The summed E-state index contributed by atoms with van der Waals surface area (Å²) in [5.41, 5.74) is -0.734. The van der Waals surface area contributed by atoms with E-state index in [-0.39, 0.29) is 17.9 Å². The molecule has 0 aromatic heterocycles. The lowest BCUT2D eigenvalue weighted by molar-refractivity contribution is -0.0504. The fourth-order valence-electron chi connectivity index (χ4n) is 1.90. The molecule has 0 saturated heterocycles. The molecular weight excluding hydrogens is 140 g/mol. The highest BCUT2D eigenvalue weighted by Gasteiger charge is 2.49. The van der Waals surface area contributed by atoms with E-state index >= 15 is 0 Å². The van der Waals surface area contributed by atoms with Gasteiger partial charge >= 0.3 is 0 Å². The van der Waals surface area contributed by atoms with Crippen molar-refractivity contribution in [2.75, 3.05) is 6.61 Å². The van der Waals surface area contributed by atoms with E-state index in [1.54, 1.807) is 0 Å². The molecule has 0 amide bonds. The average molecular weight is 158 g/mol. The summed E-state index contributed by atoms with van der Waals surface area (Å²) in [6.45, 7) is 6.12. The van der Waals surface area contributed by atoms with Crippen molar-refractivity contribution in [3.63, 3.8) is 0 Å². The zero-order valence-corrected chi connectivity index (χ0v) is 7.59. The predicted molar refractivity (Wildman–Crippen MR) is 44.2 cm³/mol. The van der Waals surface area contributed by atoms with Gasteiger partial charge in [0.15, 0.2) is 0 Å². The average Bonchev–Trinajstić information content (AvgIpc) is 2.05. The molecule has 66 valence electrons. The van der Waals surface area contributed by atoms with Crippen LogP contribution in [0.3, 0.4) is 0 Å². The summed E-state index contributed by atoms with van der Waals surface area (Å²) in [5, 5.41) is 18.9. The summed E-state index contributed by atoms with van der Waals surface area (Å²) < 4.78 is 0. The van der Waals surface area contributed by atoms with E-state index < -0.39 is 5.60 Å². The molecular formula is C9H18O2. The van der Waals surface area contributed by atoms with Crippen LogP contribution in [0.1, 0.15) is 33.6 Å². The van der Waals surface area contributed by atoms with Crippen molar-refractivity contribution in [1.29, 1.82) is 0 Å². The van der Waals surface area contributed by atoms with Gasteiger partial charge in [0, 0.05) is 6.61 Å². The SMILES string of the molecule is CC1(C)[C@@H](CO)CC[C@@]1(C)O. The largest absolute Gasteiger partial charge is 0.396 e. The summed E-state index contributed by atoms with van der Waals surface area (Å²) in [6, 6.07) is 0. The Labute approximate surface area is 68.2 Å². The van der Waals surface area contributed by atoms with Crippen LogP contribution in [0, 0.1) is 11.3 Å². The van der Waals surface area contributed by atoms with Crippen molar-refractivity contribution in [1.82, 2.24) is 0 Å². The van der Waals surface area contributed by atoms with Crippen molar-refractivity contribution in [2.45, 2.75) is 39.2 Å². The lowest BCUT2D eigenvalue weighted by Gasteiger charge is -2.36. The van der Waals surface area contributed by atoms with Crippen molar-refractivity contribution in [3.8, 4) is 0 Å². The fraction of sp³-hybridized carbons (Fsp3) is 1.00. The number of rotatable bonds is 1. The maximum atomic E-state index is 9.91. The Balaban J connectivity index is 2.81. The smallest absolute Gasteiger partial charge is 0.0674 e. The van der Waals surface area contributed by atoms with Crippen LogP contribution in [-0.4, -0.2) is 22.4 Å². The topological polar surface area (TPSA) is 40.5 Å². The minimum absolute atomic E-state index is 0.137. The third-order valence-corrected chi connectivity index (χ3v) is 3.61. The van der Waals surface area contributed by atoms with Gasteiger partial charge in [0.05, 0.1) is 5.60 Å². The van der Waals surface area contributed by atoms with Crippen LogP contribution in [0.25, 0.3) is 0 Å². The van der Waals surface area contributed by atoms with E-state index in [0.29, 0.717) is 0 Å². The predicted octanol–water partition coefficient (Wildman–Crippen LogP) is 1.17. The van der Waals surface area contributed by atoms with Gasteiger partial charge in [0.1, 0.15) is 0 Å². The van der Waals surface area contributed by atoms with Gasteiger partial charge in [-0.1, -0.05) is 13.8 Å². The quantitative estimate of drug-likeness (QED) is 0.601. The summed E-state index contributed by atoms with van der Waals surface area (Å²) in [5.74, 6) is 0.262. The van der Waals surface area contributed by atoms with Crippen LogP contribution in [0.2, 0.25) is 0 Å². The molecule has 0 spiro atoms. The van der Waals surface area contributed by atoms with Gasteiger partial charge in [-0.15, -0.1) is 0 Å². The zero-order chi connectivity index (χ0) is 8.70. The molecule has 2 N–H and O–H groups in total. The molecule has 2 nitrogen and oxygen atoms in total. The van der Waals surface area contributed by atoms with E-state index in [1.807, 2.05) is 20.8 Å². The molecule has 1 saturated carbocycles. The standard InChI is InChI=1S/C9H18O2/c1-8(2)7(6-10)4-5-9(8,3)11/h7,10-11H,4-6H2,1-3H3/t7-,9-/m1/s1. The van der Waals surface area contributed by atoms with E-state index in [2.05, 4.69) is 0 Å². The van der Waals surface area contributed by atoms with Crippen LogP contribution in [0.4, 0.5) is 0 Å². The highest BCUT2D eigenvalue weighted by atomic mass is 16.3. The molecule has 0 aromatic carbocycles. The molecule has 0 heterocycles. The van der Waals surface area contributed by atoms with Crippen molar-refractivity contribution in [2.24, 2.45) is 11.3 Å². The fourth-order valence-corrected chi connectivity index (χ4v) is 1.90. The van der Waals surface area contributed by atoms with Crippen LogP contribution in [0.5, 0.6) is 0 Å². The molecule has 1 fully saturated rings. The van der Waals surface area contributed by atoms with Crippen LogP contribution in [-0.2, 0) is 0 Å². The Morgan fingerprint density at radius 1 is 1.36 bits per heavy atom. The number of aliphatic hydroxyl groups is 2. The molecule has 2 atom stereocenters. The first-order valence-electron chi connectivity index (χ1n) is 4.25. The van der Waals surface area contributed by atoms with Crippen LogP contribution in [0.15, 0.2) is 0 Å². The summed E-state index contributed by atoms with van der Waals surface area (Å²) in [4.78, 5) is 0.